The van der Waals surface area contributed by atoms with Crippen LogP contribution in [0.4, 0.5) is 14.9 Å². The quantitative estimate of drug-likeness (QED) is 0.239. The molecule has 1 aromatic heterocycles. The molecule has 0 bridgehead atoms. The van der Waals surface area contributed by atoms with Gasteiger partial charge in [0.15, 0.2) is 0 Å². The number of barbiturate groups is 1. The Labute approximate surface area is 225 Å². The number of rotatable bonds is 7. The van der Waals surface area contributed by atoms with Crippen molar-refractivity contribution in [3.63, 3.8) is 0 Å². The van der Waals surface area contributed by atoms with Gasteiger partial charge in [-0.25, -0.2) is 14.1 Å². The molecule has 0 aliphatic carbocycles. The van der Waals surface area contributed by atoms with E-state index in [1.165, 1.54) is 18.2 Å². The number of nitrogens with zero attached hydrogens (tertiary/aromatic N) is 2. The number of benzene rings is 3. The van der Waals surface area contributed by atoms with E-state index >= 15 is 0 Å². The van der Waals surface area contributed by atoms with Gasteiger partial charge >= 0.3 is 6.03 Å². The average molecular weight is 526 g/mol. The monoisotopic (exact) mass is 525 g/mol. The van der Waals surface area contributed by atoms with Gasteiger partial charge in [-0.05, 0) is 66.4 Å². The van der Waals surface area contributed by atoms with E-state index in [9.17, 15) is 18.8 Å². The molecule has 7 nitrogen and oxygen atoms in total. The third-order valence-corrected chi connectivity index (χ3v) is 6.69. The molecule has 198 valence electrons. The third-order valence-electron chi connectivity index (χ3n) is 6.69. The molecule has 0 unspecified atom stereocenters. The topological polar surface area (TPSA) is 80.6 Å². The van der Waals surface area contributed by atoms with Crippen LogP contribution < -0.4 is 15.0 Å². The van der Waals surface area contributed by atoms with Crippen LogP contribution in [0.1, 0.15) is 36.5 Å². The highest BCUT2D eigenvalue weighted by atomic mass is 19.1. The van der Waals surface area contributed by atoms with Crippen molar-refractivity contribution in [2.24, 2.45) is 0 Å². The van der Waals surface area contributed by atoms with Crippen molar-refractivity contribution in [2.45, 2.75) is 33.2 Å². The number of aromatic nitrogens is 1. The molecule has 2 heterocycles. The summed E-state index contributed by atoms with van der Waals surface area (Å²) in [6, 6.07) is 17.9. The first-order valence-corrected chi connectivity index (χ1v) is 12.7. The Balaban J connectivity index is 1.44. The van der Waals surface area contributed by atoms with E-state index in [1.807, 2.05) is 48.0 Å². The molecule has 1 saturated heterocycles. The molecule has 1 aliphatic rings. The molecule has 4 aromatic rings. The van der Waals surface area contributed by atoms with Crippen LogP contribution in [0, 0.1) is 12.7 Å². The number of halogens is 1. The Hall–Kier alpha value is -4.72. The molecule has 1 fully saturated rings. The van der Waals surface area contributed by atoms with Gasteiger partial charge in [0.25, 0.3) is 11.8 Å². The SMILES string of the molecule is Cc1ccc(C(C)C)c(OCCn2cc(/C=C3/C(=O)NC(=O)N(c4ccc(F)cc4)C3=O)c3ccccc32)c1. The number of fused-ring (bicyclic) bond motifs is 1. The Morgan fingerprint density at radius 2 is 1.74 bits per heavy atom. The van der Waals surface area contributed by atoms with E-state index in [4.69, 9.17) is 4.74 Å². The number of amides is 4. The summed E-state index contributed by atoms with van der Waals surface area (Å²) in [5.74, 6) is -0.888. The average Bonchev–Trinajstić information content (AvgIpc) is 3.25. The number of para-hydroxylation sites is 1. The minimum atomic E-state index is -0.884. The van der Waals surface area contributed by atoms with Crippen molar-refractivity contribution in [3.05, 3.63) is 101 Å². The smallest absolute Gasteiger partial charge is 0.335 e. The first-order chi connectivity index (χ1) is 18.7. The molecule has 5 rings (SSSR count). The fourth-order valence-corrected chi connectivity index (χ4v) is 4.71. The molecule has 0 saturated carbocycles. The molecule has 8 heteroatoms. The molecular weight excluding hydrogens is 497 g/mol. The molecule has 1 N–H and O–H groups in total. The molecule has 0 radical (unpaired) electrons. The number of hydrogen-bond acceptors (Lipinski definition) is 4. The van der Waals surface area contributed by atoms with Crippen molar-refractivity contribution < 1.29 is 23.5 Å². The Kier molecular flexibility index (Phi) is 7.02. The molecule has 4 amide bonds. The highest BCUT2D eigenvalue weighted by Gasteiger charge is 2.37. The van der Waals surface area contributed by atoms with E-state index in [1.54, 1.807) is 0 Å². The summed E-state index contributed by atoms with van der Waals surface area (Å²) >= 11 is 0. The number of urea groups is 1. The van der Waals surface area contributed by atoms with Crippen molar-refractivity contribution in [3.8, 4) is 5.75 Å². The van der Waals surface area contributed by atoms with Gasteiger partial charge in [0, 0.05) is 22.7 Å². The van der Waals surface area contributed by atoms with Gasteiger partial charge in [0.2, 0.25) is 0 Å². The lowest BCUT2D eigenvalue weighted by Gasteiger charge is -2.26. The summed E-state index contributed by atoms with van der Waals surface area (Å²) < 4.78 is 21.6. The standard InChI is InChI=1S/C31H28FN3O4/c1-19(2)24-13-8-20(3)16-28(24)39-15-14-34-18-21(25-6-4-5-7-27(25)34)17-26-29(36)33-31(38)35(30(26)37)23-11-9-22(32)10-12-23/h4-13,16-19H,14-15H2,1-3H3,(H,33,36,38)/b26-17-. The number of nitrogens with one attached hydrogen (secondary N) is 1. The highest BCUT2D eigenvalue weighted by molar-refractivity contribution is 6.39. The Morgan fingerprint density at radius 1 is 1.00 bits per heavy atom. The lowest BCUT2D eigenvalue weighted by atomic mass is 10.0. The fourth-order valence-electron chi connectivity index (χ4n) is 4.71. The summed E-state index contributed by atoms with van der Waals surface area (Å²) in [5.41, 5.74) is 3.80. The zero-order valence-corrected chi connectivity index (χ0v) is 21.9. The number of imide groups is 2. The van der Waals surface area contributed by atoms with Crippen LogP contribution in [-0.4, -0.2) is 29.0 Å². The highest BCUT2D eigenvalue weighted by Crippen LogP contribution is 2.29. The molecule has 3 aromatic carbocycles. The van der Waals surface area contributed by atoms with Crippen molar-refractivity contribution >= 4 is 40.5 Å². The van der Waals surface area contributed by atoms with Crippen LogP contribution in [0.5, 0.6) is 5.75 Å². The normalized spacial score (nSPS) is 14.9. The maximum absolute atomic E-state index is 13.4. The maximum atomic E-state index is 13.4. The van der Waals surface area contributed by atoms with Crippen LogP contribution >= 0.6 is 0 Å². The summed E-state index contributed by atoms with van der Waals surface area (Å²) in [6.07, 6.45) is 3.34. The first kappa shape index (κ1) is 25.9. The minimum absolute atomic E-state index is 0.161. The fraction of sp³-hybridized carbons (Fsp3) is 0.194. The van der Waals surface area contributed by atoms with Crippen LogP contribution in [0.3, 0.4) is 0 Å². The zero-order chi connectivity index (χ0) is 27.7. The molecule has 1 aliphatic heterocycles. The second kappa shape index (κ2) is 10.6. The molecule has 0 atom stereocenters. The van der Waals surface area contributed by atoms with Gasteiger partial charge < -0.3 is 9.30 Å². The Morgan fingerprint density at radius 3 is 2.49 bits per heavy atom. The Bertz CT molecular complexity index is 1620. The van der Waals surface area contributed by atoms with E-state index in [0.717, 1.165) is 44.8 Å². The lowest BCUT2D eigenvalue weighted by molar-refractivity contribution is -0.122. The van der Waals surface area contributed by atoms with Gasteiger partial charge in [0.1, 0.15) is 23.7 Å². The van der Waals surface area contributed by atoms with E-state index in [2.05, 4.69) is 31.3 Å². The van der Waals surface area contributed by atoms with Crippen LogP contribution in [-0.2, 0) is 16.1 Å². The van der Waals surface area contributed by atoms with E-state index in [0.29, 0.717) is 24.6 Å². The second-order valence-electron chi connectivity index (χ2n) is 9.77. The summed E-state index contributed by atoms with van der Waals surface area (Å²) in [5, 5.41) is 3.05. The first-order valence-electron chi connectivity index (χ1n) is 12.7. The maximum Gasteiger partial charge on any atom is 0.335 e. The summed E-state index contributed by atoms with van der Waals surface area (Å²) in [6.45, 7) is 7.25. The van der Waals surface area contributed by atoms with Crippen molar-refractivity contribution in [2.75, 3.05) is 11.5 Å². The summed E-state index contributed by atoms with van der Waals surface area (Å²) in [7, 11) is 0. The van der Waals surface area contributed by atoms with Crippen LogP contribution in [0.25, 0.3) is 17.0 Å². The number of carbonyl (C=O) groups excluding carboxylic acids is 3. The van der Waals surface area contributed by atoms with Gasteiger partial charge in [-0.1, -0.05) is 44.2 Å². The predicted molar refractivity (Wildman–Crippen MR) is 148 cm³/mol. The summed E-state index contributed by atoms with van der Waals surface area (Å²) in [4.78, 5) is 39.3. The molecule has 0 spiro atoms. The van der Waals surface area contributed by atoms with E-state index in [-0.39, 0.29) is 11.3 Å². The lowest BCUT2D eigenvalue weighted by Crippen LogP contribution is -2.54. The number of carbonyl (C=O) groups is 3. The predicted octanol–water partition coefficient (Wildman–Crippen LogP) is 5.96. The number of aryl methyl sites for hydroxylation is 1. The van der Waals surface area contributed by atoms with Gasteiger partial charge in [-0.15, -0.1) is 0 Å². The second-order valence-corrected chi connectivity index (χ2v) is 9.77. The van der Waals surface area contributed by atoms with Crippen LogP contribution in [0.15, 0.2) is 78.5 Å². The van der Waals surface area contributed by atoms with Gasteiger partial charge in [-0.3, -0.25) is 14.9 Å². The van der Waals surface area contributed by atoms with E-state index < -0.39 is 23.7 Å². The minimum Gasteiger partial charge on any atom is -0.491 e. The largest absolute Gasteiger partial charge is 0.491 e. The number of ether oxygens (including phenoxy) is 1. The van der Waals surface area contributed by atoms with Crippen LogP contribution in [0.2, 0.25) is 0 Å². The van der Waals surface area contributed by atoms with Gasteiger partial charge in [-0.2, -0.15) is 0 Å². The van der Waals surface area contributed by atoms with Gasteiger partial charge in [0.05, 0.1) is 12.2 Å². The molecule has 39 heavy (non-hydrogen) atoms. The van der Waals surface area contributed by atoms with Crippen molar-refractivity contribution in [1.82, 2.24) is 9.88 Å². The number of hydrogen-bond donors (Lipinski definition) is 1. The third kappa shape index (κ3) is 5.18. The number of anilines is 1. The van der Waals surface area contributed by atoms with Crippen molar-refractivity contribution in [1.29, 1.82) is 0 Å². The zero-order valence-electron chi connectivity index (χ0n) is 21.9. The molecular formula is C31H28FN3O4.